The minimum Gasteiger partial charge on any atom is -0.497 e. The number of aromatic carboxylic acids is 1. The molecular formula is C19H19N3O5S. The Morgan fingerprint density at radius 2 is 2.11 bits per heavy atom. The van der Waals surface area contributed by atoms with E-state index in [-0.39, 0.29) is 23.1 Å². The second-order valence-electron chi connectivity index (χ2n) is 6.88. The third kappa shape index (κ3) is 3.11. The van der Waals surface area contributed by atoms with Gasteiger partial charge < -0.3 is 9.84 Å². The van der Waals surface area contributed by atoms with E-state index >= 15 is 0 Å². The molecule has 3 aromatic rings. The fourth-order valence-electron chi connectivity index (χ4n) is 3.63. The van der Waals surface area contributed by atoms with E-state index in [0.717, 1.165) is 0 Å². The topological polar surface area (TPSA) is 111 Å². The van der Waals surface area contributed by atoms with Gasteiger partial charge in [-0.25, -0.2) is 22.9 Å². The molecule has 9 heteroatoms. The summed E-state index contributed by atoms with van der Waals surface area (Å²) in [5, 5.41) is 14.6. The fourth-order valence-corrected chi connectivity index (χ4v) is 5.33. The first-order valence-corrected chi connectivity index (χ1v) is 10.6. The van der Waals surface area contributed by atoms with Crippen LogP contribution >= 0.6 is 0 Å². The SMILES string of the molecule is COc1cccc(-c2cc(C(=O)O)c3c(C)nn(C4CCS(=O)(=O)C4)c3n2)c1. The van der Waals surface area contributed by atoms with E-state index in [0.29, 0.717) is 40.2 Å². The number of hydrogen-bond donors (Lipinski definition) is 1. The second kappa shape index (κ2) is 6.59. The highest BCUT2D eigenvalue weighted by molar-refractivity contribution is 7.91. The van der Waals surface area contributed by atoms with E-state index < -0.39 is 15.8 Å². The van der Waals surface area contributed by atoms with Crippen molar-refractivity contribution in [2.45, 2.75) is 19.4 Å². The number of carbonyl (C=O) groups is 1. The summed E-state index contributed by atoms with van der Waals surface area (Å²) in [5.41, 5.74) is 2.16. The van der Waals surface area contributed by atoms with E-state index in [1.54, 1.807) is 36.9 Å². The first kappa shape index (κ1) is 18.4. The third-order valence-electron chi connectivity index (χ3n) is 4.99. The highest BCUT2D eigenvalue weighted by atomic mass is 32.2. The van der Waals surface area contributed by atoms with Crippen molar-refractivity contribution in [3.05, 3.63) is 41.6 Å². The fraction of sp³-hybridized carbons (Fsp3) is 0.316. The molecule has 2 aromatic heterocycles. The summed E-state index contributed by atoms with van der Waals surface area (Å²) >= 11 is 0. The molecule has 28 heavy (non-hydrogen) atoms. The normalized spacial score (nSPS) is 18.4. The van der Waals surface area contributed by atoms with E-state index in [1.807, 2.05) is 6.07 Å². The first-order chi connectivity index (χ1) is 13.3. The number of rotatable bonds is 4. The predicted octanol–water partition coefficient (Wildman–Crippen LogP) is 2.47. The number of ether oxygens (including phenoxy) is 1. The Hall–Kier alpha value is -2.94. The average Bonchev–Trinajstić information content (AvgIpc) is 3.20. The molecule has 0 aliphatic carbocycles. The lowest BCUT2D eigenvalue weighted by molar-refractivity contribution is 0.0699. The first-order valence-electron chi connectivity index (χ1n) is 8.77. The van der Waals surface area contributed by atoms with Crippen LogP contribution in [-0.4, -0.2) is 52.9 Å². The summed E-state index contributed by atoms with van der Waals surface area (Å²) in [6.07, 6.45) is 0.437. The highest BCUT2D eigenvalue weighted by Crippen LogP contribution is 2.32. The van der Waals surface area contributed by atoms with Crippen molar-refractivity contribution in [2.24, 2.45) is 0 Å². The van der Waals surface area contributed by atoms with E-state index in [9.17, 15) is 18.3 Å². The molecule has 1 unspecified atom stereocenters. The Balaban J connectivity index is 1.96. The molecule has 1 N–H and O–H groups in total. The third-order valence-corrected chi connectivity index (χ3v) is 6.74. The van der Waals surface area contributed by atoms with Gasteiger partial charge in [0.05, 0.1) is 47.0 Å². The van der Waals surface area contributed by atoms with Gasteiger partial charge in [-0.1, -0.05) is 12.1 Å². The second-order valence-corrected chi connectivity index (χ2v) is 9.11. The molecule has 1 aliphatic heterocycles. The van der Waals surface area contributed by atoms with Crippen molar-refractivity contribution in [1.82, 2.24) is 14.8 Å². The van der Waals surface area contributed by atoms with Gasteiger partial charge in [-0.15, -0.1) is 0 Å². The quantitative estimate of drug-likeness (QED) is 0.715. The summed E-state index contributed by atoms with van der Waals surface area (Å²) < 4.78 is 30.7. The van der Waals surface area contributed by atoms with Gasteiger partial charge >= 0.3 is 5.97 Å². The lowest BCUT2D eigenvalue weighted by atomic mass is 10.1. The van der Waals surface area contributed by atoms with E-state index in [2.05, 4.69) is 10.1 Å². The molecule has 3 heterocycles. The highest BCUT2D eigenvalue weighted by Gasteiger charge is 2.32. The number of fused-ring (bicyclic) bond motifs is 1. The molecule has 146 valence electrons. The number of methoxy groups -OCH3 is 1. The monoisotopic (exact) mass is 401 g/mol. The summed E-state index contributed by atoms with van der Waals surface area (Å²) in [5.74, 6) is -0.378. The average molecular weight is 401 g/mol. The molecule has 1 atom stereocenters. The maximum atomic E-state index is 11.9. The van der Waals surface area contributed by atoms with Crippen LogP contribution in [0.3, 0.4) is 0 Å². The number of nitrogens with zero attached hydrogens (tertiary/aromatic N) is 3. The molecule has 0 amide bonds. The molecule has 0 bridgehead atoms. The molecule has 8 nitrogen and oxygen atoms in total. The van der Waals surface area contributed by atoms with Crippen LogP contribution in [0.1, 0.15) is 28.5 Å². The Bertz CT molecular complexity index is 1200. The Morgan fingerprint density at radius 1 is 1.32 bits per heavy atom. The van der Waals surface area contributed by atoms with Crippen LogP contribution in [-0.2, 0) is 9.84 Å². The molecule has 0 radical (unpaired) electrons. The van der Waals surface area contributed by atoms with Gasteiger partial charge in [0, 0.05) is 5.56 Å². The number of aromatic nitrogens is 3. The number of benzene rings is 1. The molecule has 4 rings (SSSR count). The van der Waals surface area contributed by atoms with Crippen molar-refractivity contribution < 1.29 is 23.1 Å². The Morgan fingerprint density at radius 3 is 2.75 bits per heavy atom. The molecule has 1 aromatic carbocycles. The molecule has 0 spiro atoms. The van der Waals surface area contributed by atoms with Crippen molar-refractivity contribution in [3.63, 3.8) is 0 Å². The van der Waals surface area contributed by atoms with E-state index in [4.69, 9.17) is 4.74 Å². The van der Waals surface area contributed by atoms with Crippen molar-refractivity contribution in [3.8, 4) is 17.0 Å². The summed E-state index contributed by atoms with van der Waals surface area (Å²) in [6, 6.07) is 8.34. The van der Waals surface area contributed by atoms with Crippen molar-refractivity contribution in [1.29, 1.82) is 0 Å². The van der Waals surface area contributed by atoms with Crippen molar-refractivity contribution in [2.75, 3.05) is 18.6 Å². The number of hydrogen-bond acceptors (Lipinski definition) is 6. The number of carboxylic acids is 1. The summed E-state index contributed by atoms with van der Waals surface area (Å²) in [4.78, 5) is 16.6. The van der Waals surface area contributed by atoms with Crippen molar-refractivity contribution >= 4 is 26.8 Å². The van der Waals surface area contributed by atoms with Gasteiger partial charge in [0.2, 0.25) is 0 Å². The number of carboxylic acid groups (broad SMARTS) is 1. The van der Waals surface area contributed by atoms with Gasteiger partial charge in [0.15, 0.2) is 15.5 Å². The van der Waals surface area contributed by atoms with Gasteiger partial charge in [-0.05, 0) is 31.5 Å². The molecule has 1 fully saturated rings. The summed E-state index contributed by atoms with van der Waals surface area (Å²) in [6.45, 7) is 1.71. The maximum absolute atomic E-state index is 11.9. The van der Waals surface area contributed by atoms with Crippen LogP contribution in [0.15, 0.2) is 30.3 Å². The van der Waals surface area contributed by atoms with Crippen LogP contribution < -0.4 is 4.74 Å². The van der Waals surface area contributed by atoms with Crippen LogP contribution in [0.2, 0.25) is 0 Å². The van der Waals surface area contributed by atoms with Gasteiger partial charge in [0.25, 0.3) is 0 Å². The Labute approximate surface area is 161 Å². The van der Waals surface area contributed by atoms with Crippen LogP contribution in [0.5, 0.6) is 5.75 Å². The molecule has 0 saturated carbocycles. The van der Waals surface area contributed by atoms with Gasteiger partial charge in [-0.3, -0.25) is 0 Å². The zero-order chi connectivity index (χ0) is 20.1. The summed E-state index contributed by atoms with van der Waals surface area (Å²) in [7, 11) is -1.57. The van der Waals surface area contributed by atoms with Crippen LogP contribution in [0, 0.1) is 6.92 Å². The molecular weight excluding hydrogens is 382 g/mol. The van der Waals surface area contributed by atoms with Gasteiger partial charge in [0.1, 0.15) is 5.75 Å². The minimum atomic E-state index is -3.12. The number of pyridine rings is 1. The smallest absolute Gasteiger partial charge is 0.336 e. The van der Waals surface area contributed by atoms with Crippen LogP contribution in [0.25, 0.3) is 22.3 Å². The van der Waals surface area contributed by atoms with Gasteiger partial charge in [-0.2, -0.15) is 5.10 Å². The largest absolute Gasteiger partial charge is 0.497 e. The maximum Gasteiger partial charge on any atom is 0.336 e. The lowest BCUT2D eigenvalue weighted by Crippen LogP contribution is -2.13. The predicted molar refractivity (Wildman–Crippen MR) is 104 cm³/mol. The zero-order valence-electron chi connectivity index (χ0n) is 15.4. The molecule has 1 saturated heterocycles. The lowest BCUT2D eigenvalue weighted by Gasteiger charge is -2.11. The minimum absolute atomic E-state index is 0.0172. The standard InChI is InChI=1S/C19H19N3O5S/c1-11-17-15(19(23)24)9-16(12-4-3-5-14(8-12)27-2)20-18(17)22(21-11)13-6-7-28(25,26)10-13/h3-5,8-9,13H,6-7,10H2,1-2H3,(H,23,24). The Kier molecular flexibility index (Phi) is 4.34. The molecule has 1 aliphatic rings. The number of sulfone groups is 1. The van der Waals surface area contributed by atoms with Crippen LogP contribution in [0.4, 0.5) is 0 Å². The number of aryl methyl sites for hydroxylation is 1. The van der Waals surface area contributed by atoms with E-state index in [1.165, 1.54) is 6.07 Å². The zero-order valence-corrected chi connectivity index (χ0v) is 16.2.